The number of para-hydroxylation sites is 1. The van der Waals surface area contributed by atoms with E-state index in [2.05, 4.69) is 5.32 Å². The van der Waals surface area contributed by atoms with E-state index in [9.17, 15) is 18.0 Å². The van der Waals surface area contributed by atoms with E-state index in [1.54, 1.807) is 60.7 Å². The molecule has 3 rings (SSSR count). The second kappa shape index (κ2) is 9.88. The van der Waals surface area contributed by atoms with Gasteiger partial charge in [0.25, 0.3) is 15.9 Å². The molecule has 0 atom stereocenters. The number of carbonyl (C=O) groups is 2. The van der Waals surface area contributed by atoms with Gasteiger partial charge in [-0.05, 0) is 66.9 Å². The number of carbonyl (C=O) groups excluding carboxylic acids is 2. The molecule has 0 heterocycles. The topological polar surface area (TPSA) is 92.8 Å². The van der Waals surface area contributed by atoms with Gasteiger partial charge in [-0.1, -0.05) is 12.1 Å². The van der Waals surface area contributed by atoms with Crippen LogP contribution in [0.15, 0.2) is 82.6 Å². The summed E-state index contributed by atoms with van der Waals surface area (Å²) in [6, 6.07) is 19.3. The zero-order valence-corrected chi connectivity index (χ0v) is 19.4. The molecular formula is C23H22N2O5S2. The molecule has 0 bridgehead atoms. The van der Waals surface area contributed by atoms with Gasteiger partial charge in [0.15, 0.2) is 0 Å². The van der Waals surface area contributed by atoms with Gasteiger partial charge < -0.3 is 10.1 Å². The summed E-state index contributed by atoms with van der Waals surface area (Å²) in [6.07, 6.45) is 1.92. The van der Waals surface area contributed by atoms with Crippen LogP contribution in [0.2, 0.25) is 0 Å². The molecule has 3 aromatic rings. The van der Waals surface area contributed by atoms with Crippen molar-refractivity contribution < 1.29 is 22.7 Å². The zero-order chi connectivity index (χ0) is 23.3. The zero-order valence-electron chi connectivity index (χ0n) is 17.7. The summed E-state index contributed by atoms with van der Waals surface area (Å²) in [5.74, 6) is -1.00. The highest BCUT2D eigenvalue weighted by Crippen LogP contribution is 2.25. The van der Waals surface area contributed by atoms with Crippen LogP contribution in [0, 0.1) is 0 Å². The highest BCUT2D eigenvalue weighted by atomic mass is 32.2. The SMILES string of the molecule is COC(=O)c1ccccc1NC(=O)c1ccc(N(C)S(=O)(=O)c2ccc(SC)cc2)cc1. The van der Waals surface area contributed by atoms with E-state index in [0.717, 1.165) is 9.20 Å². The van der Waals surface area contributed by atoms with Gasteiger partial charge >= 0.3 is 5.97 Å². The number of amides is 1. The third-order valence-corrected chi connectivity index (χ3v) is 7.33. The Kier molecular flexibility index (Phi) is 7.22. The number of thioether (sulfide) groups is 1. The Balaban J connectivity index is 1.78. The number of esters is 1. The predicted molar refractivity (Wildman–Crippen MR) is 126 cm³/mol. The molecule has 1 N–H and O–H groups in total. The molecule has 0 spiro atoms. The minimum absolute atomic E-state index is 0.180. The van der Waals surface area contributed by atoms with Crippen LogP contribution < -0.4 is 9.62 Å². The molecule has 9 heteroatoms. The van der Waals surface area contributed by atoms with Crippen LogP contribution in [-0.2, 0) is 14.8 Å². The predicted octanol–water partition coefficient (Wildman–Crippen LogP) is 4.27. The first-order valence-electron chi connectivity index (χ1n) is 9.49. The van der Waals surface area contributed by atoms with Gasteiger partial charge in [-0.15, -0.1) is 11.8 Å². The number of sulfonamides is 1. The number of anilines is 2. The molecule has 0 saturated carbocycles. The van der Waals surface area contributed by atoms with Gasteiger partial charge in [-0.3, -0.25) is 9.10 Å². The van der Waals surface area contributed by atoms with Crippen LogP contribution in [0.3, 0.4) is 0 Å². The molecule has 0 aliphatic carbocycles. The first-order valence-corrected chi connectivity index (χ1v) is 12.2. The third kappa shape index (κ3) is 4.95. The molecule has 0 aromatic heterocycles. The largest absolute Gasteiger partial charge is 0.465 e. The second-order valence-corrected chi connectivity index (χ2v) is 9.54. The lowest BCUT2D eigenvalue weighted by Crippen LogP contribution is -2.26. The van der Waals surface area contributed by atoms with Crippen molar-refractivity contribution >= 4 is 45.0 Å². The highest BCUT2D eigenvalue weighted by Gasteiger charge is 2.22. The maximum Gasteiger partial charge on any atom is 0.339 e. The normalized spacial score (nSPS) is 11.0. The summed E-state index contributed by atoms with van der Waals surface area (Å²) < 4.78 is 31.7. The molecule has 1 amide bonds. The monoisotopic (exact) mass is 470 g/mol. The maximum atomic E-state index is 12.9. The van der Waals surface area contributed by atoms with E-state index in [-0.39, 0.29) is 10.5 Å². The van der Waals surface area contributed by atoms with Crippen molar-refractivity contribution in [2.45, 2.75) is 9.79 Å². The molecule has 166 valence electrons. The van der Waals surface area contributed by atoms with Crippen molar-refractivity contribution in [1.82, 2.24) is 0 Å². The summed E-state index contributed by atoms with van der Waals surface area (Å²) in [5, 5.41) is 2.68. The van der Waals surface area contributed by atoms with Crippen LogP contribution >= 0.6 is 11.8 Å². The number of nitrogens with one attached hydrogen (secondary N) is 1. The Morgan fingerprint density at radius 3 is 2.16 bits per heavy atom. The number of ether oxygens (including phenoxy) is 1. The number of rotatable bonds is 7. The Morgan fingerprint density at radius 1 is 0.938 bits per heavy atom. The van der Waals surface area contributed by atoms with Crippen LogP contribution in [0.25, 0.3) is 0 Å². The average Bonchev–Trinajstić information content (AvgIpc) is 2.83. The van der Waals surface area contributed by atoms with Crippen LogP contribution in [0.4, 0.5) is 11.4 Å². The third-order valence-electron chi connectivity index (χ3n) is 4.79. The van der Waals surface area contributed by atoms with Crippen molar-refractivity contribution in [3.8, 4) is 0 Å². The minimum Gasteiger partial charge on any atom is -0.465 e. The van der Waals surface area contributed by atoms with E-state index in [1.165, 1.54) is 38.1 Å². The minimum atomic E-state index is -3.74. The first kappa shape index (κ1) is 23.4. The van der Waals surface area contributed by atoms with Crippen molar-refractivity contribution in [2.24, 2.45) is 0 Å². The number of benzene rings is 3. The smallest absolute Gasteiger partial charge is 0.339 e. The fourth-order valence-corrected chi connectivity index (χ4v) is 4.55. The summed E-state index contributed by atoms with van der Waals surface area (Å²) >= 11 is 1.53. The van der Waals surface area contributed by atoms with Crippen molar-refractivity contribution in [2.75, 3.05) is 30.0 Å². The Bertz CT molecular complexity index is 1220. The molecule has 32 heavy (non-hydrogen) atoms. The lowest BCUT2D eigenvalue weighted by atomic mass is 10.1. The van der Waals surface area contributed by atoms with Crippen LogP contribution in [0.1, 0.15) is 20.7 Å². The quantitative estimate of drug-likeness (QED) is 0.409. The molecule has 3 aromatic carbocycles. The Morgan fingerprint density at radius 2 is 1.56 bits per heavy atom. The first-order chi connectivity index (χ1) is 15.3. The van der Waals surface area contributed by atoms with Gasteiger partial charge in [0.05, 0.1) is 28.9 Å². The molecule has 0 aliphatic rings. The van der Waals surface area contributed by atoms with Crippen LogP contribution in [0.5, 0.6) is 0 Å². The highest BCUT2D eigenvalue weighted by molar-refractivity contribution is 7.98. The van der Waals surface area contributed by atoms with Crippen LogP contribution in [-0.4, -0.2) is 40.7 Å². The van der Waals surface area contributed by atoms with E-state index in [4.69, 9.17) is 4.74 Å². The molecule has 0 fully saturated rings. The average molecular weight is 471 g/mol. The molecule has 0 aliphatic heterocycles. The molecule has 0 radical (unpaired) electrons. The fraction of sp³-hybridized carbons (Fsp3) is 0.130. The van der Waals surface area contributed by atoms with Gasteiger partial charge in [0, 0.05) is 17.5 Å². The lowest BCUT2D eigenvalue weighted by molar-refractivity contribution is 0.0602. The summed E-state index contributed by atoms with van der Waals surface area (Å²) in [5.41, 5.74) is 1.27. The van der Waals surface area contributed by atoms with Crippen molar-refractivity contribution in [3.63, 3.8) is 0 Å². The number of methoxy groups -OCH3 is 1. The summed E-state index contributed by atoms with van der Waals surface area (Å²) in [6.45, 7) is 0. The standard InChI is InChI=1S/C23H22N2O5S2/c1-25(32(28,29)19-14-12-18(31-3)13-15-19)17-10-8-16(9-11-17)22(26)24-21-7-5-4-6-20(21)23(27)30-2/h4-15H,1-3H3,(H,24,26). The molecule has 0 unspecified atom stereocenters. The number of nitrogens with zero attached hydrogens (tertiary/aromatic N) is 1. The Labute approximate surface area is 191 Å². The molecule has 0 saturated heterocycles. The van der Waals surface area contributed by atoms with E-state index >= 15 is 0 Å². The van der Waals surface area contributed by atoms with E-state index in [1.807, 2.05) is 6.26 Å². The second-order valence-electron chi connectivity index (χ2n) is 6.69. The van der Waals surface area contributed by atoms with E-state index in [0.29, 0.717) is 16.9 Å². The number of hydrogen-bond donors (Lipinski definition) is 1. The molecule has 7 nitrogen and oxygen atoms in total. The van der Waals surface area contributed by atoms with Crippen molar-refractivity contribution in [3.05, 3.63) is 83.9 Å². The molecular weight excluding hydrogens is 448 g/mol. The van der Waals surface area contributed by atoms with Gasteiger partial charge in [-0.25, -0.2) is 13.2 Å². The fourth-order valence-electron chi connectivity index (χ4n) is 2.94. The lowest BCUT2D eigenvalue weighted by Gasteiger charge is -2.20. The maximum absolute atomic E-state index is 12.9. The number of hydrogen-bond acceptors (Lipinski definition) is 6. The van der Waals surface area contributed by atoms with E-state index < -0.39 is 21.9 Å². The van der Waals surface area contributed by atoms with Gasteiger partial charge in [0.2, 0.25) is 0 Å². The Hall–Kier alpha value is -3.30. The van der Waals surface area contributed by atoms with Gasteiger partial charge in [0.1, 0.15) is 0 Å². The van der Waals surface area contributed by atoms with Crippen molar-refractivity contribution in [1.29, 1.82) is 0 Å². The summed E-state index contributed by atoms with van der Waals surface area (Å²) in [4.78, 5) is 25.7. The van der Waals surface area contributed by atoms with Gasteiger partial charge in [-0.2, -0.15) is 0 Å². The summed E-state index contributed by atoms with van der Waals surface area (Å²) in [7, 11) is -1.02.